The van der Waals surface area contributed by atoms with E-state index in [2.05, 4.69) is 11.3 Å². The topological polar surface area (TPSA) is 46.5 Å². The molecule has 0 atom stereocenters. The maximum atomic E-state index is 12.1. The molecule has 0 spiro atoms. The van der Waals surface area contributed by atoms with E-state index in [0.717, 1.165) is 0 Å². The predicted molar refractivity (Wildman–Crippen MR) is 33.7 cm³/mol. The van der Waals surface area contributed by atoms with Gasteiger partial charge in [0.2, 0.25) is 0 Å². The van der Waals surface area contributed by atoms with Crippen molar-refractivity contribution < 1.29 is 36.6 Å². The van der Waals surface area contributed by atoms with Crippen LogP contribution in [-0.2, 0) is 9.53 Å². The van der Waals surface area contributed by atoms with E-state index >= 15 is 0 Å². The van der Waals surface area contributed by atoms with E-state index in [1.807, 2.05) is 0 Å². The maximum Gasteiger partial charge on any atom is 0.408 e. The molecule has 14 heavy (non-hydrogen) atoms. The average Bonchev–Trinajstić information content (AvgIpc) is 2.01. The largest absolute Gasteiger partial charge is 0.477 e. The smallest absolute Gasteiger partial charge is 0.408 e. The number of carboxylic acid groups (broad SMARTS) is 1. The molecule has 0 aliphatic rings. The predicted octanol–water partition coefficient (Wildman–Crippen LogP) is 1.80. The molecule has 0 rings (SSSR count). The molecule has 0 saturated carbocycles. The molecule has 0 saturated heterocycles. The van der Waals surface area contributed by atoms with Crippen molar-refractivity contribution in [1.82, 2.24) is 0 Å². The lowest BCUT2D eigenvalue weighted by atomic mass is 10.4. The van der Waals surface area contributed by atoms with Gasteiger partial charge in [0.05, 0.1) is 0 Å². The molecule has 0 radical (unpaired) electrons. The van der Waals surface area contributed by atoms with Gasteiger partial charge >= 0.3 is 18.0 Å². The van der Waals surface area contributed by atoms with Crippen LogP contribution in [0.3, 0.4) is 0 Å². The van der Waals surface area contributed by atoms with Gasteiger partial charge in [-0.05, 0) is 0 Å². The van der Waals surface area contributed by atoms with Gasteiger partial charge in [0.25, 0.3) is 0 Å². The first-order chi connectivity index (χ1) is 6.09. The molecule has 0 aromatic carbocycles. The highest BCUT2D eigenvalue weighted by molar-refractivity contribution is 5.75. The van der Waals surface area contributed by atoms with Gasteiger partial charge in [-0.3, -0.25) is 0 Å². The number of hydrogen-bond acceptors (Lipinski definition) is 2. The fourth-order valence-corrected chi connectivity index (χ4v) is 0.321. The summed E-state index contributed by atoms with van der Waals surface area (Å²) in [5.74, 6) is -9.42. The number of ether oxygens (including phenoxy) is 1. The summed E-state index contributed by atoms with van der Waals surface area (Å²) in [6, 6.07) is 0. The van der Waals surface area contributed by atoms with Crippen molar-refractivity contribution in [2.45, 2.75) is 12.0 Å². The number of rotatable bonds is 5. The van der Waals surface area contributed by atoms with Gasteiger partial charge in [0, 0.05) is 0 Å². The zero-order chi connectivity index (χ0) is 11.6. The van der Waals surface area contributed by atoms with Crippen molar-refractivity contribution in [2.75, 3.05) is 6.61 Å². The van der Waals surface area contributed by atoms with E-state index in [9.17, 15) is 26.7 Å². The zero-order valence-corrected chi connectivity index (χ0v) is 6.57. The summed E-state index contributed by atoms with van der Waals surface area (Å²) in [5.41, 5.74) is 0. The number of hydrogen-bond donors (Lipinski definition) is 1. The van der Waals surface area contributed by atoms with E-state index in [-0.39, 0.29) is 0 Å². The van der Waals surface area contributed by atoms with Crippen molar-refractivity contribution >= 4 is 5.97 Å². The Morgan fingerprint density at radius 3 is 2.07 bits per heavy atom. The minimum atomic E-state index is -4.61. The molecule has 0 unspecified atom stereocenters. The number of aliphatic carboxylic acids is 1. The van der Waals surface area contributed by atoms with Gasteiger partial charge in [0.1, 0.15) is 6.61 Å². The summed E-state index contributed by atoms with van der Waals surface area (Å²) in [4.78, 5) is 9.72. The fraction of sp³-hybridized carbons (Fsp3) is 0.500. The molecule has 0 heterocycles. The van der Waals surface area contributed by atoms with Crippen LogP contribution in [0.25, 0.3) is 0 Å². The minimum Gasteiger partial charge on any atom is -0.477 e. The van der Waals surface area contributed by atoms with E-state index in [1.54, 1.807) is 0 Å². The third kappa shape index (κ3) is 3.29. The first-order valence-corrected chi connectivity index (χ1v) is 3.07. The summed E-state index contributed by atoms with van der Waals surface area (Å²) in [6.45, 7) is -0.00226. The van der Waals surface area contributed by atoms with Gasteiger partial charge in [-0.1, -0.05) is 6.58 Å². The van der Waals surface area contributed by atoms with E-state index in [1.165, 1.54) is 0 Å². The van der Waals surface area contributed by atoms with Crippen molar-refractivity contribution in [2.24, 2.45) is 0 Å². The van der Waals surface area contributed by atoms with Crippen LogP contribution >= 0.6 is 0 Å². The first-order valence-electron chi connectivity index (χ1n) is 3.07. The SMILES string of the molecule is C=C(F)C(F)(F)OCC(F)(F)C(=O)O. The molecule has 3 nitrogen and oxygen atoms in total. The summed E-state index contributed by atoms with van der Waals surface area (Å²) in [7, 11) is 0. The van der Waals surface area contributed by atoms with Gasteiger partial charge in [0.15, 0.2) is 5.83 Å². The standard InChI is InChI=1S/C6H5F5O3/c1-3(7)6(10,11)14-2-5(8,9)4(12)13/h1-2H2,(H,12,13). The second-order valence-electron chi connectivity index (χ2n) is 2.22. The molecule has 82 valence electrons. The summed E-state index contributed by atoms with van der Waals surface area (Å²) < 4.78 is 63.4. The highest BCUT2D eigenvalue weighted by atomic mass is 19.3. The number of carbonyl (C=O) groups is 1. The molecule has 0 aromatic rings. The lowest BCUT2D eigenvalue weighted by Gasteiger charge is -2.17. The monoisotopic (exact) mass is 220 g/mol. The lowest BCUT2D eigenvalue weighted by Crippen LogP contribution is -2.37. The van der Waals surface area contributed by atoms with Crippen molar-refractivity contribution in [3.63, 3.8) is 0 Å². The Morgan fingerprint density at radius 2 is 1.79 bits per heavy atom. The highest BCUT2D eigenvalue weighted by Gasteiger charge is 2.45. The molecule has 0 amide bonds. The van der Waals surface area contributed by atoms with E-state index < -0.39 is 30.4 Å². The molecular weight excluding hydrogens is 215 g/mol. The quantitative estimate of drug-likeness (QED) is 0.718. The number of alkyl halides is 4. The Hall–Kier alpha value is -1.18. The summed E-state index contributed by atoms with van der Waals surface area (Å²) in [6.07, 6.45) is -4.61. The van der Waals surface area contributed by atoms with Gasteiger partial charge < -0.3 is 9.84 Å². The Morgan fingerprint density at radius 1 is 1.36 bits per heavy atom. The Labute approximate surface area is 74.8 Å². The zero-order valence-electron chi connectivity index (χ0n) is 6.57. The normalized spacial score (nSPS) is 12.6. The Bertz CT molecular complexity index is 224. The van der Waals surface area contributed by atoms with E-state index in [0.29, 0.717) is 0 Å². The Balaban J connectivity index is 4.32. The average molecular weight is 220 g/mol. The third-order valence-corrected chi connectivity index (χ3v) is 1.06. The Kier molecular flexibility index (Phi) is 3.58. The molecule has 0 aliphatic heterocycles. The van der Waals surface area contributed by atoms with Crippen molar-refractivity contribution in [3.8, 4) is 0 Å². The van der Waals surface area contributed by atoms with Crippen LogP contribution in [0.15, 0.2) is 12.4 Å². The fourth-order valence-electron chi connectivity index (χ4n) is 0.321. The number of halogens is 5. The molecule has 1 N–H and O–H groups in total. The van der Waals surface area contributed by atoms with Crippen LogP contribution in [-0.4, -0.2) is 29.7 Å². The first kappa shape index (κ1) is 12.8. The van der Waals surface area contributed by atoms with Crippen LogP contribution in [0, 0.1) is 0 Å². The highest BCUT2D eigenvalue weighted by Crippen LogP contribution is 2.27. The minimum absolute atomic E-state index is 2.14. The van der Waals surface area contributed by atoms with Gasteiger partial charge in [-0.15, -0.1) is 0 Å². The number of carboxylic acids is 1. The van der Waals surface area contributed by atoms with Crippen molar-refractivity contribution in [1.29, 1.82) is 0 Å². The van der Waals surface area contributed by atoms with E-state index in [4.69, 9.17) is 5.11 Å². The second-order valence-corrected chi connectivity index (χ2v) is 2.22. The summed E-state index contributed by atoms with van der Waals surface area (Å²) in [5, 5.41) is 7.79. The molecule has 8 heteroatoms. The molecule has 0 aromatic heterocycles. The lowest BCUT2D eigenvalue weighted by molar-refractivity contribution is -0.251. The van der Waals surface area contributed by atoms with Crippen LogP contribution in [0.5, 0.6) is 0 Å². The summed E-state index contributed by atoms with van der Waals surface area (Å²) >= 11 is 0. The molecule has 0 fully saturated rings. The van der Waals surface area contributed by atoms with Crippen LogP contribution < -0.4 is 0 Å². The maximum absolute atomic E-state index is 12.1. The third-order valence-electron chi connectivity index (χ3n) is 1.06. The molecule has 0 aliphatic carbocycles. The van der Waals surface area contributed by atoms with Gasteiger partial charge in [-0.2, -0.15) is 17.6 Å². The molecular formula is C6H5F5O3. The second kappa shape index (κ2) is 3.91. The van der Waals surface area contributed by atoms with Gasteiger partial charge in [-0.25, -0.2) is 9.18 Å². The van der Waals surface area contributed by atoms with Crippen LogP contribution in [0.2, 0.25) is 0 Å². The van der Waals surface area contributed by atoms with Crippen LogP contribution in [0.4, 0.5) is 22.0 Å². The molecule has 0 bridgehead atoms. The van der Waals surface area contributed by atoms with Crippen molar-refractivity contribution in [3.05, 3.63) is 12.4 Å². The van der Waals surface area contributed by atoms with Crippen LogP contribution in [0.1, 0.15) is 0 Å².